The third-order valence-corrected chi connectivity index (χ3v) is 11.9. The van der Waals surface area contributed by atoms with Crippen molar-refractivity contribution >= 4 is 17.9 Å². The Morgan fingerprint density at radius 1 is 0.621 bits per heavy atom. The van der Waals surface area contributed by atoms with Crippen LogP contribution in [0.1, 0.15) is 34.1 Å². The van der Waals surface area contributed by atoms with E-state index >= 15 is 0 Å². The smallest absolute Gasteiger partial charge is 0.182 e. The lowest BCUT2D eigenvalue weighted by atomic mass is 9.63. The Morgan fingerprint density at radius 2 is 1.03 bits per heavy atom. The molecule has 2 bridgehead atoms. The van der Waals surface area contributed by atoms with Crippen molar-refractivity contribution in [2.45, 2.75) is 47.2 Å². The molecule has 2 atom stereocenters. The highest BCUT2D eigenvalue weighted by atomic mass is 32.2. The van der Waals surface area contributed by atoms with Crippen LogP contribution >= 0.6 is 0 Å². The maximum atomic E-state index is 14.1. The molecule has 6 rings (SSSR count). The molecule has 148 valence electrons. The summed E-state index contributed by atoms with van der Waals surface area (Å²) in [5.74, 6) is 0.0527. The minimum atomic E-state index is -3.48. The molecule has 2 nitrogen and oxygen atoms in total. The average Bonchev–Trinajstić information content (AvgIpc) is 2.73. The number of sulfone groups is 1. The van der Waals surface area contributed by atoms with Crippen LogP contribution in [0.2, 0.25) is 25.2 Å². The van der Waals surface area contributed by atoms with Crippen molar-refractivity contribution in [3.8, 4) is 0 Å². The second kappa shape index (κ2) is 6.41. The molecule has 0 aromatic heterocycles. The van der Waals surface area contributed by atoms with Crippen molar-refractivity contribution in [1.82, 2.24) is 0 Å². The average molecular weight is 419 g/mol. The Balaban J connectivity index is 1.84. The summed E-state index contributed by atoms with van der Waals surface area (Å²) >= 11 is 0. The third kappa shape index (κ3) is 2.69. The monoisotopic (exact) mass is 418 g/mol. The highest BCUT2D eigenvalue weighted by molar-refractivity contribution is 7.92. The number of fused-ring (bicyclic) bond motifs is 1. The molecule has 29 heavy (non-hydrogen) atoms. The second-order valence-corrected chi connectivity index (χ2v) is 16.9. The minimum absolute atomic E-state index is 0.102. The summed E-state index contributed by atoms with van der Waals surface area (Å²) in [6.07, 6.45) is 0. The Hall–Kier alpha value is -2.17. The van der Waals surface area contributed by atoms with Gasteiger partial charge >= 0.3 is 0 Å². The lowest BCUT2D eigenvalue weighted by Gasteiger charge is -2.54. The van der Waals surface area contributed by atoms with Gasteiger partial charge in [0.2, 0.25) is 0 Å². The molecule has 0 unspecified atom stereocenters. The van der Waals surface area contributed by atoms with Gasteiger partial charge in [0.1, 0.15) is 0 Å². The molecular formula is C25H26O2SSi. The maximum absolute atomic E-state index is 14.1. The van der Waals surface area contributed by atoms with Crippen molar-refractivity contribution in [3.63, 3.8) is 0 Å². The van der Waals surface area contributed by atoms with Crippen LogP contribution < -0.4 is 0 Å². The van der Waals surface area contributed by atoms with Crippen molar-refractivity contribution in [1.29, 1.82) is 0 Å². The molecule has 0 N–H and O–H groups in total. The van der Waals surface area contributed by atoms with Gasteiger partial charge in [0.25, 0.3) is 0 Å². The molecule has 0 spiro atoms. The second-order valence-electron chi connectivity index (χ2n) is 9.43. The molecule has 3 aliphatic carbocycles. The van der Waals surface area contributed by atoms with Crippen molar-refractivity contribution in [2.75, 3.05) is 0 Å². The molecule has 0 heterocycles. The van der Waals surface area contributed by atoms with E-state index in [1.54, 1.807) is 12.1 Å². The van der Waals surface area contributed by atoms with E-state index in [2.05, 4.69) is 68.2 Å². The van der Waals surface area contributed by atoms with Gasteiger partial charge in [-0.1, -0.05) is 86.4 Å². The molecule has 4 heteroatoms. The van der Waals surface area contributed by atoms with Crippen LogP contribution in [0.4, 0.5) is 0 Å². The van der Waals surface area contributed by atoms with E-state index in [1.165, 1.54) is 22.3 Å². The summed E-state index contributed by atoms with van der Waals surface area (Å²) < 4.78 is 28.2. The Bertz CT molecular complexity index is 1130. The van der Waals surface area contributed by atoms with Gasteiger partial charge in [0, 0.05) is 19.9 Å². The molecule has 3 aromatic rings. The molecule has 3 aliphatic rings. The van der Waals surface area contributed by atoms with Crippen molar-refractivity contribution in [3.05, 3.63) is 101 Å². The van der Waals surface area contributed by atoms with Crippen LogP contribution in [0, 0.1) is 0 Å². The van der Waals surface area contributed by atoms with Gasteiger partial charge < -0.3 is 0 Å². The van der Waals surface area contributed by atoms with Gasteiger partial charge in [-0.15, -0.1) is 0 Å². The van der Waals surface area contributed by atoms with Gasteiger partial charge in [0.15, 0.2) is 9.84 Å². The standard InChI is InChI=1S/C25H26O2SSi/c1-29(2,3)25-23-20-15-9-7-13-18(20)22(19-14-8-10-16-21(19)23)24(25)28(26,27)17-11-5-4-6-12-17/h4-16,22-25H,1-3H3/t22?,23?,24-,25+/m1/s1. The molecule has 0 aliphatic heterocycles. The largest absolute Gasteiger partial charge is 0.223 e. The van der Waals surface area contributed by atoms with Gasteiger partial charge in [-0.25, -0.2) is 8.42 Å². The van der Waals surface area contributed by atoms with Crippen LogP contribution in [0.15, 0.2) is 83.8 Å². The summed E-state index contributed by atoms with van der Waals surface area (Å²) in [4.78, 5) is 0.454. The van der Waals surface area contributed by atoms with Crippen LogP contribution in [0.3, 0.4) is 0 Å². The summed E-state index contributed by atoms with van der Waals surface area (Å²) in [5, 5.41) is -0.411. The topological polar surface area (TPSA) is 34.1 Å². The molecule has 0 saturated heterocycles. The molecule has 0 saturated carbocycles. The normalized spacial score (nSPS) is 25.3. The summed E-state index contributed by atoms with van der Waals surface area (Å²) in [5.41, 5.74) is 5.22. The fourth-order valence-electron chi connectivity index (χ4n) is 5.76. The lowest BCUT2D eigenvalue weighted by Crippen LogP contribution is -2.52. The molecular weight excluding hydrogens is 392 g/mol. The SMILES string of the molecule is C[Si](C)(C)[C@H]1C2c3ccccc3C(c3ccccc32)[C@H]1S(=O)(=O)c1ccccc1. The predicted molar refractivity (Wildman–Crippen MR) is 121 cm³/mol. The fraction of sp³-hybridized carbons (Fsp3) is 0.280. The van der Waals surface area contributed by atoms with E-state index in [0.717, 1.165) is 0 Å². The van der Waals surface area contributed by atoms with E-state index < -0.39 is 23.2 Å². The highest BCUT2D eigenvalue weighted by Gasteiger charge is 2.58. The first-order valence-electron chi connectivity index (χ1n) is 10.3. The maximum Gasteiger partial charge on any atom is 0.182 e. The first kappa shape index (κ1) is 18.8. The zero-order valence-electron chi connectivity index (χ0n) is 17.0. The van der Waals surface area contributed by atoms with Crippen LogP contribution in [-0.2, 0) is 9.84 Å². The lowest BCUT2D eigenvalue weighted by molar-refractivity contribution is 0.483. The molecule has 0 fully saturated rings. The van der Waals surface area contributed by atoms with E-state index in [1.807, 2.05) is 18.2 Å². The summed E-state index contributed by atoms with van der Waals surface area (Å²) in [6.45, 7) is 6.99. The first-order chi connectivity index (χ1) is 13.8. The van der Waals surface area contributed by atoms with Gasteiger partial charge in [0.05, 0.1) is 10.1 Å². The quantitative estimate of drug-likeness (QED) is 0.502. The van der Waals surface area contributed by atoms with Crippen LogP contribution in [0.25, 0.3) is 0 Å². The predicted octanol–water partition coefficient (Wildman–Crippen LogP) is 5.83. The van der Waals surface area contributed by atoms with E-state index in [-0.39, 0.29) is 17.4 Å². The zero-order chi connectivity index (χ0) is 20.4. The van der Waals surface area contributed by atoms with E-state index in [4.69, 9.17) is 0 Å². The molecule has 0 radical (unpaired) electrons. The molecule has 3 aromatic carbocycles. The minimum Gasteiger partial charge on any atom is -0.223 e. The Kier molecular flexibility index (Phi) is 4.16. The highest BCUT2D eigenvalue weighted by Crippen LogP contribution is 2.62. The number of rotatable bonds is 3. The van der Waals surface area contributed by atoms with Crippen LogP contribution in [-0.4, -0.2) is 21.7 Å². The van der Waals surface area contributed by atoms with Crippen molar-refractivity contribution in [2.24, 2.45) is 0 Å². The van der Waals surface area contributed by atoms with Gasteiger partial charge in [-0.3, -0.25) is 0 Å². The van der Waals surface area contributed by atoms with Crippen LogP contribution in [0.5, 0.6) is 0 Å². The third-order valence-electron chi connectivity index (χ3n) is 6.80. The number of benzene rings is 3. The Labute approximate surface area is 174 Å². The first-order valence-corrected chi connectivity index (χ1v) is 15.4. The van der Waals surface area contributed by atoms with Gasteiger partial charge in [-0.2, -0.15) is 0 Å². The number of hydrogen-bond acceptors (Lipinski definition) is 2. The number of hydrogen-bond donors (Lipinski definition) is 0. The van der Waals surface area contributed by atoms with Gasteiger partial charge in [-0.05, 0) is 39.9 Å². The zero-order valence-corrected chi connectivity index (χ0v) is 18.9. The Morgan fingerprint density at radius 3 is 1.48 bits per heavy atom. The summed E-state index contributed by atoms with van der Waals surface area (Å²) in [7, 11) is -5.31. The van der Waals surface area contributed by atoms with Crippen molar-refractivity contribution < 1.29 is 8.42 Å². The fourth-order valence-corrected chi connectivity index (χ4v) is 12.1. The van der Waals surface area contributed by atoms with E-state index in [0.29, 0.717) is 4.90 Å². The van der Waals surface area contributed by atoms with E-state index in [9.17, 15) is 8.42 Å². The molecule has 0 amide bonds. The summed E-state index contributed by atoms with van der Waals surface area (Å²) in [6, 6.07) is 26.1.